The minimum atomic E-state index is -0.383. The Labute approximate surface area is 162 Å². The molecule has 0 aliphatic carbocycles. The fourth-order valence-corrected chi connectivity index (χ4v) is 3.83. The summed E-state index contributed by atoms with van der Waals surface area (Å²) >= 11 is 0. The molecule has 1 aliphatic heterocycles. The van der Waals surface area contributed by atoms with E-state index in [9.17, 15) is 14.0 Å². The van der Waals surface area contributed by atoms with E-state index >= 15 is 0 Å². The van der Waals surface area contributed by atoms with Gasteiger partial charge in [-0.05, 0) is 55.7 Å². The number of aryl methyl sites for hydroxylation is 2. The van der Waals surface area contributed by atoms with Crippen LogP contribution in [0.5, 0.6) is 0 Å². The first-order valence-electron chi connectivity index (χ1n) is 9.47. The molecule has 2 heterocycles. The van der Waals surface area contributed by atoms with Crippen molar-refractivity contribution in [3.8, 4) is 0 Å². The molecule has 4 rings (SSSR count). The molecule has 7 heteroatoms. The summed E-state index contributed by atoms with van der Waals surface area (Å²) in [6, 6.07) is 9.28. The SMILES string of the molecule is Cn1c(=O)n(C)c2cc(N3CCCCC3)c(NC(=O)c3ccc(F)cc3)cc21. The van der Waals surface area contributed by atoms with Gasteiger partial charge in [0.05, 0.1) is 22.4 Å². The summed E-state index contributed by atoms with van der Waals surface area (Å²) in [6.45, 7) is 1.82. The van der Waals surface area contributed by atoms with Crippen molar-refractivity contribution in [2.75, 3.05) is 23.3 Å². The van der Waals surface area contributed by atoms with Gasteiger partial charge in [-0.25, -0.2) is 9.18 Å². The Hall–Kier alpha value is -3.09. The Morgan fingerprint density at radius 2 is 1.57 bits per heavy atom. The lowest BCUT2D eigenvalue weighted by Crippen LogP contribution is -2.30. The smallest absolute Gasteiger partial charge is 0.328 e. The first-order chi connectivity index (χ1) is 13.5. The summed E-state index contributed by atoms with van der Waals surface area (Å²) in [4.78, 5) is 27.3. The number of anilines is 2. The third-order valence-corrected chi connectivity index (χ3v) is 5.44. The molecule has 0 atom stereocenters. The van der Waals surface area contributed by atoms with Gasteiger partial charge in [0.1, 0.15) is 5.82 Å². The van der Waals surface area contributed by atoms with Crippen molar-refractivity contribution in [3.63, 3.8) is 0 Å². The zero-order chi connectivity index (χ0) is 19.8. The number of rotatable bonds is 3. The predicted molar refractivity (Wildman–Crippen MR) is 109 cm³/mol. The maximum absolute atomic E-state index is 13.2. The van der Waals surface area contributed by atoms with E-state index in [-0.39, 0.29) is 17.4 Å². The van der Waals surface area contributed by atoms with Gasteiger partial charge in [0.15, 0.2) is 0 Å². The van der Waals surface area contributed by atoms with E-state index in [1.54, 1.807) is 23.2 Å². The van der Waals surface area contributed by atoms with E-state index in [4.69, 9.17) is 0 Å². The molecule has 0 unspecified atom stereocenters. The second kappa shape index (κ2) is 7.14. The van der Waals surface area contributed by atoms with Crippen molar-refractivity contribution < 1.29 is 9.18 Å². The van der Waals surface area contributed by atoms with Gasteiger partial charge in [-0.2, -0.15) is 0 Å². The van der Waals surface area contributed by atoms with Gasteiger partial charge in [-0.1, -0.05) is 0 Å². The number of piperidine rings is 1. The summed E-state index contributed by atoms with van der Waals surface area (Å²) in [5.41, 5.74) is 3.42. The van der Waals surface area contributed by atoms with Crippen LogP contribution in [0.4, 0.5) is 15.8 Å². The number of hydrogen-bond donors (Lipinski definition) is 1. The van der Waals surface area contributed by atoms with Gasteiger partial charge in [-0.15, -0.1) is 0 Å². The second-order valence-electron chi connectivity index (χ2n) is 7.27. The van der Waals surface area contributed by atoms with Crippen molar-refractivity contribution in [2.24, 2.45) is 14.1 Å². The van der Waals surface area contributed by atoms with Crippen molar-refractivity contribution >= 4 is 28.3 Å². The van der Waals surface area contributed by atoms with E-state index in [2.05, 4.69) is 10.2 Å². The lowest BCUT2D eigenvalue weighted by molar-refractivity contribution is 0.102. The summed E-state index contributed by atoms with van der Waals surface area (Å²) in [6.07, 6.45) is 3.38. The number of benzene rings is 2. The van der Waals surface area contributed by atoms with Crippen molar-refractivity contribution in [2.45, 2.75) is 19.3 Å². The average Bonchev–Trinajstić information content (AvgIpc) is 2.92. The molecule has 0 bridgehead atoms. The van der Waals surface area contributed by atoms with Crippen molar-refractivity contribution in [1.29, 1.82) is 0 Å². The largest absolute Gasteiger partial charge is 0.370 e. The number of carbonyl (C=O) groups is 1. The molecule has 1 aliphatic rings. The monoisotopic (exact) mass is 382 g/mol. The van der Waals surface area contributed by atoms with Crippen molar-refractivity contribution in [3.05, 3.63) is 58.3 Å². The molecule has 1 aromatic heterocycles. The zero-order valence-corrected chi connectivity index (χ0v) is 16.0. The molecule has 2 aromatic carbocycles. The third-order valence-electron chi connectivity index (χ3n) is 5.44. The topological polar surface area (TPSA) is 59.3 Å². The number of nitrogens with zero attached hydrogens (tertiary/aromatic N) is 3. The normalized spacial score (nSPS) is 14.5. The van der Waals surface area contributed by atoms with Crippen LogP contribution in [0.15, 0.2) is 41.2 Å². The number of nitrogens with one attached hydrogen (secondary N) is 1. The van der Waals surface area contributed by atoms with Gasteiger partial charge in [0.25, 0.3) is 5.91 Å². The molecule has 6 nitrogen and oxygen atoms in total. The number of hydrogen-bond acceptors (Lipinski definition) is 3. The minimum Gasteiger partial charge on any atom is -0.370 e. The van der Waals surface area contributed by atoms with Crippen LogP contribution < -0.4 is 15.9 Å². The Morgan fingerprint density at radius 1 is 0.964 bits per heavy atom. The van der Waals surface area contributed by atoms with E-state index in [1.807, 2.05) is 12.1 Å². The Bertz CT molecular complexity index is 1090. The Morgan fingerprint density at radius 3 is 2.21 bits per heavy atom. The van der Waals surface area contributed by atoms with E-state index in [0.717, 1.165) is 42.7 Å². The number of amides is 1. The lowest BCUT2D eigenvalue weighted by atomic mass is 10.1. The van der Waals surface area contributed by atoms with Crippen LogP contribution >= 0.6 is 0 Å². The molecule has 28 heavy (non-hydrogen) atoms. The highest BCUT2D eigenvalue weighted by Gasteiger charge is 2.20. The second-order valence-corrected chi connectivity index (χ2v) is 7.27. The maximum atomic E-state index is 13.2. The van der Waals surface area contributed by atoms with Crippen LogP contribution in [0.1, 0.15) is 29.6 Å². The van der Waals surface area contributed by atoms with Crippen LogP contribution in [0.3, 0.4) is 0 Å². The molecule has 0 saturated carbocycles. The standard InChI is InChI=1S/C21H23FN4O2/c1-24-18-12-16(23-20(27)14-6-8-15(22)9-7-14)17(26-10-4-3-5-11-26)13-19(18)25(2)21(24)28/h6-9,12-13H,3-5,10-11H2,1-2H3,(H,23,27). The van der Waals surface area contributed by atoms with Gasteiger partial charge in [0.2, 0.25) is 0 Å². The van der Waals surface area contributed by atoms with Crippen molar-refractivity contribution in [1.82, 2.24) is 9.13 Å². The highest BCUT2D eigenvalue weighted by Crippen LogP contribution is 2.33. The van der Waals surface area contributed by atoms with Gasteiger partial charge < -0.3 is 10.2 Å². The van der Waals surface area contributed by atoms with Crippen LogP contribution in [0.25, 0.3) is 11.0 Å². The Balaban J connectivity index is 1.80. The predicted octanol–water partition coefficient (Wildman–Crippen LogP) is 3.26. The lowest BCUT2D eigenvalue weighted by Gasteiger charge is -2.30. The first kappa shape index (κ1) is 18.3. The highest BCUT2D eigenvalue weighted by atomic mass is 19.1. The molecular formula is C21H23FN4O2. The molecular weight excluding hydrogens is 359 g/mol. The summed E-state index contributed by atoms with van der Waals surface area (Å²) in [7, 11) is 3.47. The average molecular weight is 382 g/mol. The van der Waals surface area contributed by atoms with Crippen LogP contribution in [-0.2, 0) is 14.1 Å². The highest BCUT2D eigenvalue weighted by molar-refractivity contribution is 6.07. The number of imidazole rings is 1. The van der Waals surface area contributed by atoms with Gasteiger partial charge in [-0.3, -0.25) is 13.9 Å². The van der Waals surface area contributed by atoms with E-state index in [0.29, 0.717) is 11.3 Å². The van der Waals surface area contributed by atoms with Crippen LogP contribution in [0.2, 0.25) is 0 Å². The fraction of sp³-hybridized carbons (Fsp3) is 0.333. The fourth-order valence-electron chi connectivity index (χ4n) is 3.83. The summed E-state index contributed by atoms with van der Waals surface area (Å²) in [5, 5.41) is 2.96. The Kier molecular flexibility index (Phi) is 4.66. The maximum Gasteiger partial charge on any atom is 0.328 e. The van der Waals surface area contributed by atoms with E-state index in [1.165, 1.54) is 30.7 Å². The number of halogens is 1. The minimum absolute atomic E-state index is 0.110. The molecule has 0 radical (unpaired) electrons. The quantitative estimate of drug-likeness (QED) is 0.756. The molecule has 1 saturated heterocycles. The number of aromatic nitrogens is 2. The number of fused-ring (bicyclic) bond motifs is 1. The first-order valence-corrected chi connectivity index (χ1v) is 9.47. The molecule has 3 aromatic rings. The molecule has 146 valence electrons. The van der Waals surface area contributed by atoms with E-state index < -0.39 is 0 Å². The summed E-state index contributed by atoms with van der Waals surface area (Å²) in [5.74, 6) is -0.690. The molecule has 1 fully saturated rings. The number of carbonyl (C=O) groups excluding carboxylic acids is 1. The molecule has 1 amide bonds. The molecule has 1 N–H and O–H groups in total. The summed E-state index contributed by atoms with van der Waals surface area (Å²) < 4.78 is 16.4. The zero-order valence-electron chi connectivity index (χ0n) is 16.0. The van der Waals surface area contributed by atoms with Crippen LogP contribution in [0, 0.1) is 5.82 Å². The third kappa shape index (κ3) is 3.17. The van der Waals surface area contributed by atoms with Gasteiger partial charge >= 0.3 is 5.69 Å². The van der Waals surface area contributed by atoms with Crippen LogP contribution in [-0.4, -0.2) is 28.1 Å². The molecule has 0 spiro atoms. The van der Waals surface area contributed by atoms with Gasteiger partial charge in [0, 0.05) is 32.7 Å².